The summed E-state index contributed by atoms with van der Waals surface area (Å²) in [7, 11) is 1.52. The van der Waals surface area contributed by atoms with Crippen molar-refractivity contribution in [3.63, 3.8) is 0 Å². The van der Waals surface area contributed by atoms with Crippen LogP contribution in [0.15, 0.2) is 48.0 Å². The van der Waals surface area contributed by atoms with Crippen LogP contribution in [0.25, 0.3) is 0 Å². The monoisotopic (exact) mass is 655 g/mol. The highest BCUT2D eigenvalue weighted by Crippen LogP contribution is 2.43. The Morgan fingerprint density at radius 1 is 1.04 bits per heavy atom. The van der Waals surface area contributed by atoms with E-state index in [0.717, 1.165) is 40.9 Å². The average Bonchev–Trinajstić information content (AvgIpc) is 3.49. The normalized spacial score (nSPS) is 20.5. The number of amides is 2. The van der Waals surface area contributed by atoms with Crippen molar-refractivity contribution in [2.45, 2.75) is 69.6 Å². The standard InChI is InChI=1S/C31H31F6N3O4S/c1-3-6-24-29(44-22-16-25(45-18-22)31(35,36)37,28(42)39-14-10-19-8-9-21(43-2)15-20(19)17-39)11-5-13-40(24)27(41)26-23(30(32,33)34)7-4-12-38-26/h4,7-9,12,15-16,18,24H,3,5-6,10-11,13-14,17H2,1-2H3/t24-,29+/m1/s1. The van der Waals surface area contributed by atoms with E-state index in [0.29, 0.717) is 29.9 Å². The Hall–Kier alpha value is -3.81. The first kappa shape index (κ1) is 32.6. The summed E-state index contributed by atoms with van der Waals surface area (Å²) in [5, 5.41) is 1.15. The molecule has 0 aliphatic carbocycles. The van der Waals surface area contributed by atoms with Gasteiger partial charge in [-0.3, -0.25) is 14.6 Å². The van der Waals surface area contributed by atoms with Gasteiger partial charge in [0.25, 0.3) is 11.8 Å². The SMILES string of the molecule is CCC[C@H]1N(C(=O)c2ncccc2C(F)(F)F)CCC[C@@]1(Oc1csc(C(F)(F)F)c1)C(=O)N1CCc2ccc(OC)cc2C1. The van der Waals surface area contributed by atoms with Crippen molar-refractivity contribution in [1.29, 1.82) is 0 Å². The highest BCUT2D eigenvalue weighted by atomic mass is 32.1. The number of methoxy groups -OCH3 is 1. The summed E-state index contributed by atoms with van der Waals surface area (Å²) in [5.74, 6) is -1.20. The summed E-state index contributed by atoms with van der Waals surface area (Å²) < 4.78 is 94.0. The number of likely N-dealkylation sites (tertiary alicyclic amines) is 1. The number of benzene rings is 1. The molecule has 0 unspecified atom stereocenters. The molecule has 7 nitrogen and oxygen atoms in total. The van der Waals surface area contributed by atoms with Crippen molar-refractivity contribution in [2.75, 3.05) is 20.2 Å². The van der Waals surface area contributed by atoms with E-state index in [4.69, 9.17) is 9.47 Å². The number of piperidine rings is 1. The predicted molar refractivity (Wildman–Crippen MR) is 153 cm³/mol. The number of rotatable bonds is 7. The Morgan fingerprint density at radius 2 is 1.82 bits per heavy atom. The van der Waals surface area contributed by atoms with Gasteiger partial charge in [0.2, 0.25) is 5.60 Å². The van der Waals surface area contributed by atoms with Crippen molar-refractivity contribution in [3.05, 3.63) is 75.2 Å². The van der Waals surface area contributed by atoms with Gasteiger partial charge in [-0.1, -0.05) is 19.4 Å². The smallest absolute Gasteiger partial charge is 0.425 e. The van der Waals surface area contributed by atoms with Gasteiger partial charge >= 0.3 is 12.4 Å². The van der Waals surface area contributed by atoms with E-state index in [2.05, 4.69) is 4.98 Å². The molecule has 2 aliphatic rings. The third-order valence-electron chi connectivity index (χ3n) is 8.23. The molecule has 0 spiro atoms. The van der Waals surface area contributed by atoms with E-state index >= 15 is 0 Å². The number of halogens is 6. The molecule has 0 saturated carbocycles. The van der Waals surface area contributed by atoms with Crippen LogP contribution in [-0.2, 0) is 30.1 Å². The number of alkyl halides is 6. The van der Waals surface area contributed by atoms with Crippen molar-refractivity contribution in [2.24, 2.45) is 0 Å². The van der Waals surface area contributed by atoms with Gasteiger partial charge in [0.1, 0.15) is 22.1 Å². The topological polar surface area (TPSA) is 72.0 Å². The second-order valence-corrected chi connectivity index (χ2v) is 12.0. The van der Waals surface area contributed by atoms with E-state index in [9.17, 15) is 35.9 Å². The zero-order chi connectivity index (χ0) is 32.6. The molecule has 1 fully saturated rings. The van der Waals surface area contributed by atoms with Crippen molar-refractivity contribution in [3.8, 4) is 11.5 Å². The predicted octanol–water partition coefficient (Wildman–Crippen LogP) is 7.00. The fourth-order valence-electron chi connectivity index (χ4n) is 6.18. The molecule has 2 aromatic heterocycles. The maximum Gasteiger partial charge on any atom is 0.425 e. The largest absolute Gasteiger partial charge is 0.497 e. The molecule has 45 heavy (non-hydrogen) atoms. The fourth-order valence-corrected chi connectivity index (χ4v) is 6.85. The quantitative estimate of drug-likeness (QED) is 0.257. The second-order valence-electron chi connectivity index (χ2n) is 11.1. The number of carbonyl (C=O) groups is 2. The van der Waals surface area contributed by atoms with Crippen LogP contribution in [0.4, 0.5) is 26.3 Å². The van der Waals surface area contributed by atoms with Gasteiger partial charge in [0.05, 0.1) is 18.7 Å². The average molecular weight is 656 g/mol. The van der Waals surface area contributed by atoms with Gasteiger partial charge in [0.15, 0.2) is 0 Å². The lowest BCUT2D eigenvalue weighted by Gasteiger charge is -2.50. The minimum atomic E-state index is -4.87. The third kappa shape index (κ3) is 6.47. The third-order valence-corrected chi connectivity index (χ3v) is 9.18. The van der Waals surface area contributed by atoms with Crippen LogP contribution in [0, 0.1) is 0 Å². The lowest BCUT2D eigenvalue weighted by Crippen LogP contribution is -2.68. The zero-order valence-electron chi connectivity index (χ0n) is 24.5. The molecule has 4 heterocycles. The number of nitrogens with zero attached hydrogens (tertiary/aromatic N) is 3. The molecule has 2 aliphatic heterocycles. The van der Waals surface area contributed by atoms with E-state index in [1.165, 1.54) is 16.9 Å². The lowest BCUT2D eigenvalue weighted by atomic mass is 9.79. The van der Waals surface area contributed by atoms with Gasteiger partial charge in [-0.15, -0.1) is 11.3 Å². The van der Waals surface area contributed by atoms with Crippen LogP contribution in [0.1, 0.15) is 64.7 Å². The molecule has 2 atom stereocenters. The fraction of sp³-hybridized carbons (Fsp3) is 0.452. The molecule has 5 rings (SSSR count). The number of fused-ring (bicyclic) bond motifs is 1. The van der Waals surface area contributed by atoms with E-state index in [-0.39, 0.29) is 44.6 Å². The van der Waals surface area contributed by atoms with E-state index < -0.39 is 51.9 Å². The summed E-state index contributed by atoms with van der Waals surface area (Å²) in [5.41, 5.74) is -2.09. The highest BCUT2D eigenvalue weighted by Gasteiger charge is 2.56. The Balaban J connectivity index is 1.59. The molecule has 1 aromatic carbocycles. The second kappa shape index (κ2) is 12.5. The lowest BCUT2D eigenvalue weighted by molar-refractivity contribution is -0.160. The number of hydrogen-bond acceptors (Lipinski definition) is 6. The summed E-state index contributed by atoms with van der Waals surface area (Å²) in [4.78, 5) is 34.1. The van der Waals surface area contributed by atoms with Crippen LogP contribution in [0.2, 0.25) is 0 Å². The molecule has 0 radical (unpaired) electrons. The van der Waals surface area contributed by atoms with Gasteiger partial charge < -0.3 is 19.3 Å². The van der Waals surface area contributed by atoms with Gasteiger partial charge in [-0.25, -0.2) is 0 Å². The Kier molecular flexibility index (Phi) is 9.07. The van der Waals surface area contributed by atoms with Crippen LogP contribution < -0.4 is 9.47 Å². The minimum Gasteiger partial charge on any atom is -0.497 e. The molecule has 3 aromatic rings. The molecular formula is C31H31F6N3O4S. The summed E-state index contributed by atoms with van der Waals surface area (Å²) in [6.45, 7) is 2.21. The molecule has 14 heteroatoms. The summed E-state index contributed by atoms with van der Waals surface area (Å²) >= 11 is 0.405. The number of thiophene rings is 1. The molecule has 2 amide bonds. The van der Waals surface area contributed by atoms with Crippen LogP contribution in [0.3, 0.4) is 0 Å². The first-order valence-corrected chi connectivity index (χ1v) is 15.3. The van der Waals surface area contributed by atoms with Gasteiger partial charge in [-0.05, 0) is 54.7 Å². The summed E-state index contributed by atoms with van der Waals surface area (Å²) in [6, 6.07) is 7.06. The number of carbonyl (C=O) groups excluding carboxylic acids is 2. The van der Waals surface area contributed by atoms with E-state index in [1.54, 1.807) is 13.0 Å². The number of ether oxygens (including phenoxy) is 2. The van der Waals surface area contributed by atoms with Crippen LogP contribution in [0.5, 0.6) is 11.5 Å². The molecular weight excluding hydrogens is 624 g/mol. The minimum absolute atomic E-state index is 0.00717. The van der Waals surface area contributed by atoms with Gasteiger partial charge in [0, 0.05) is 43.7 Å². The van der Waals surface area contributed by atoms with Crippen LogP contribution in [-0.4, -0.2) is 58.4 Å². The Bertz CT molecular complexity index is 1560. The number of hydrogen-bond donors (Lipinski definition) is 0. The molecule has 0 N–H and O–H groups in total. The Morgan fingerprint density at radius 3 is 2.49 bits per heavy atom. The van der Waals surface area contributed by atoms with Crippen molar-refractivity contribution < 1.29 is 45.4 Å². The van der Waals surface area contributed by atoms with Crippen molar-refractivity contribution in [1.82, 2.24) is 14.8 Å². The van der Waals surface area contributed by atoms with E-state index in [1.807, 2.05) is 12.1 Å². The summed E-state index contributed by atoms with van der Waals surface area (Å²) in [6.07, 6.45) is -7.22. The first-order valence-electron chi connectivity index (χ1n) is 14.4. The molecule has 0 bridgehead atoms. The van der Waals surface area contributed by atoms with Gasteiger partial charge in [-0.2, -0.15) is 26.3 Å². The van der Waals surface area contributed by atoms with Crippen molar-refractivity contribution >= 4 is 23.2 Å². The maximum absolute atomic E-state index is 14.7. The molecule has 1 saturated heterocycles. The van der Waals surface area contributed by atoms with Crippen LogP contribution >= 0.6 is 11.3 Å². The molecule has 242 valence electrons. The highest BCUT2D eigenvalue weighted by molar-refractivity contribution is 7.10. The zero-order valence-corrected chi connectivity index (χ0v) is 25.3. The number of aromatic nitrogens is 1. The Labute approximate surface area is 259 Å². The number of pyridine rings is 1. The maximum atomic E-state index is 14.7. The first-order chi connectivity index (χ1) is 21.3.